The summed E-state index contributed by atoms with van der Waals surface area (Å²) in [6.45, 7) is 2.34. The monoisotopic (exact) mass is 481 g/mol. The molecule has 0 aliphatic carbocycles. The van der Waals surface area contributed by atoms with Crippen LogP contribution in [-0.2, 0) is 13.0 Å². The Balaban J connectivity index is 1.32. The van der Waals surface area contributed by atoms with Crippen molar-refractivity contribution in [3.05, 3.63) is 93.9 Å². The standard InChI is InChI=1S/C24H21F2N5O4/c1-15-13-31(14-17-11-28-23(33-2)29-12-17)24(32)30-22(15)34-8-7-16-3-6-21(27-10-16)35-18-4-5-19(25)20(26)9-18/h3-6,9-13H,7-8,14H2,1-2H3. The van der Waals surface area contributed by atoms with E-state index in [1.165, 1.54) is 17.7 Å². The SMILES string of the molecule is COc1ncc(Cn2cc(C)c(OCCc3ccc(Oc4ccc(F)c(F)c4)nc3)nc2=O)cn1. The van der Waals surface area contributed by atoms with Gasteiger partial charge >= 0.3 is 11.7 Å². The quantitative estimate of drug-likeness (QED) is 0.358. The first-order chi connectivity index (χ1) is 16.9. The minimum Gasteiger partial charge on any atom is -0.477 e. The molecule has 0 unspecified atom stereocenters. The van der Waals surface area contributed by atoms with Crippen molar-refractivity contribution in [2.24, 2.45) is 0 Å². The maximum absolute atomic E-state index is 13.3. The molecular weight excluding hydrogens is 460 g/mol. The van der Waals surface area contributed by atoms with Crippen LogP contribution in [0.1, 0.15) is 16.7 Å². The highest BCUT2D eigenvalue weighted by molar-refractivity contribution is 5.29. The number of aryl methyl sites for hydroxylation is 1. The van der Waals surface area contributed by atoms with Gasteiger partial charge in [-0.1, -0.05) is 6.07 Å². The Kier molecular flexibility index (Phi) is 7.24. The molecule has 0 aliphatic heterocycles. The molecule has 0 saturated carbocycles. The van der Waals surface area contributed by atoms with Crippen molar-refractivity contribution in [3.8, 4) is 23.5 Å². The van der Waals surface area contributed by atoms with Gasteiger partial charge in [0.1, 0.15) is 5.75 Å². The highest BCUT2D eigenvalue weighted by atomic mass is 19.2. The Morgan fingerprint density at radius 3 is 2.43 bits per heavy atom. The molecule has 3 heterocycles. The van der Waals surface area contributed by atoms with E-state index in [0.29, 0.717) is 12.0 Å². The van der Waals surface area contributed by atoms with Crippen LogP contribution in [0.4, 0.5) is 8.78 Å². The zero-order valence-electron chi connectivity index (χ0n) is 18.9. The van der Waals surface area contributed by atoms with Gasteiger partial charge in [0.15, 0.2) is 11.6 Å². The smallest absolute Gasteiger partial charge is 0.351 e. The number of pyridine rings is 1. The molecule has 0 bridgehead atoms. The largest absolute Gasteiger partial charge is 0.477 e. The van der Waals surface area contributed by atoms with E-state index in [0.717, 1.165) is 23.3 Å². The van der Waals surface area contributed by atoms with Crippen molar-refractivity contribution >= 4 is 0 Å². The molecule has 180 valence electrons. The van der Waals surface area contributed by atoms with E-state index in [-0.39, 0.29) is 36.7 Å². The number of hydrogen-bond donors (Lipinski definition) is 0. The first-order valence-corrected chi connectivity index (χ1v) is 10.5. The minimum atomic E-state index is -0.998. The molecule has 35 heavy (non-hydrogen) atoms. The molecule has 11 heteroatoms. The molecule has 0 saturated heterocycles. The Hall–Kier alpha value is -4.41. The summed E-state index contributed by atoms with van der Waals surface area (Å²) in [4.78, 5) is 28.7. The normalized spacial score (nSPS) is 10.7. The number of ether oxygens (including phenoxy) is 3. The maximum atomic E-state index is 13.3. The van der Waals surface area contributed by atoms with Crippen LogP contribution in [0.2, 0.25) is 0 Å². The van der Waals surface area contributed by atoms with Gasteiger partial charge < -0.3 is 14.2 Å². The average molecular weight is 481 g/mol. The summed E-state index contributed by atoms with van der Waals surface area (Å²) in [6, 6.07) is 6.89. The predicted octanol–water partition coefficient (Wildman–Crippen LogP) is 3.49. The molecular formula is C24H21F2N5O4. The molecule has 4 rings (SSSR count). The van der Waals surface area contributed by atoms with Gasteiger partial charge in [0.2, 0.25) is 11.8 Å². The van der Waals surface area contributed by atoms with Gasteiger partial charge in [0.25, 0.3) is 0 Å². The lowest BCUT2D eigenvalue weighted by Crippen LogP contribution is -2.24. The second kappa shape index (κ2) is 10.7. The topological polar surface area (TPSA) is 101 Å². The third-order valence-electron chi connectivity index (χ3n) is 4.89. The Morgan fingerprint density at radius 2 is 1.74 bits per heavy atom. The highest BCUT2D eigenvalue weighted by Crippen LogP contribution is 2.22. The van der Waals surface area contributed by atoms with Crippen LogP contribution >= 0.6 is 0 Å². The molecule has 0 atom stereocenters. The van der Waals surface area contributed by atoms with Gasteiger partial charge in [-0.3, -0.25) is 4.57 Å². The van der Waals surface area contributed by atoms with Crippen LogP contribution in [0.15, 0.2) is 59.9 Å². The van der Waals surface area contributed by atoms with Crippen LogP contribution < -0.4 is 19.9 Å². The van der Waals surface area contributed by atoms with Crippen molar-refractivity contribution in [1.29, 1.82) is 0 Å². The third-order valence-corrected chi connectivity index (χ3v) is 4.89. The van der Waals surface area contributed by atoms with E-state index in [1.54, 1.807) is 43.8 Å². The van der Waals surface area contributed by atoms with Crippen molar-refractivity contribution in [2.75, 3.05) is 13.7 Å². The highest BCUT2D eigenvalue weighted by Gasteiger charge is 2.09. The molecule has 0 fully saturated rings. The zero-order valence-corrected chi connectivity index (χ0v) is 18.9. The number of benzene rings is 1. The lowest BCUT2D eigenvalue weighted by Gasteiger charge is -2.11. The molecule has 1 aromatic carbocycles. The fourth-order valence-electron chi connectivity index (χ4n) is 3.12. The Labute approximate surface area is 199 Å². The Bertz CT molecular complexity index is 1360. The van der Waals surface area contributed by atoms with Crippen molar-refractivity contribution < 1.29 is 23.0 Å². The van der Waals surface area contributed by atoms with E-state index < -0.39 is 17.3 Å². The minimum absolute atomic E-state index is 0.142. The molecule has 0 radical (unpaired) electrons. The third kappa shape index (κ3) is 6.14. The molecule has 0 aliphatic rings. The van der Waals surface area contributed by atoms with Gasteiger partial charge in [-0.25, -0.2) is 28.5 Å². The fraction of sp³-hybridized carbons (Fsp3) is 0.208. The van der Waals surface area contributed by atoms with Gasteiger partial charge in [0, 0.05) is 54.5 Å². The number of rotatable bonds is 9. The molecule has 3 aromatic heterocycles. The van der Waals surface area contributed by atoms with Gasteiger partial charge in [-0.05, 0) is 24.6 Å². The number of methoxy groups -OCH3 is 1. The number of hydrogen-bond acceptors (Lipinski definition) is 8. The van der Waals surface area contributed by atoms with Crippen LogP contribution in [-0.4, -0.2) is 38.2 Å². The summed E-state index contributed by atoms with van der Waals surface area (Å²) in [5.74, 6) is -1.31. The summed E-state index contributed by atoms with van der Waals surface area (Å²) < 4.78 is 43.8. The van der Waals surface area contributed by atoms with Crippen LogP contribution in [0.3, 0.4) is 0 Å². The summed E-state index contributed by atoms with van der Waals surface area (Å²) in [6.07, 6.45) is 6.93. The lowest BCUT2D eigenvalue weighted by atomic mass is 10.2. The Morgan fingerprint density at radius 1 is 0.971 bits per heavy atom. The summed E-state index contributed by atoms with van der Waals surface area (Å²) in [5.41, 5.74) is 1.83. The second-order valence-electron chi connectivity index (χ2n) is 7.50. The zero-order chi connectivity index (χ0) is 24.8. The molecule has 4 aromatic rings. The van der Waals surface area contributed by atoms with Crippen molar-refractivity contribution in [3.63, 3.8) is 0 Å². The van der Waals surface area contributed by atoms with E-state index in [1.807, 2.05) is 0 Å². The van der Waals surface area contributed by atoms with Gasteiger partial charge in [-0.15, -0.1) is 0 Å². The summed E-state index contributed by atoms with van der Waals surface area (Å²) in [5, 5.41) is 0. The molecule has 0 spiro atoms. The maximum Gasteiger partial charge on any atom is 0.351 e. The van der Waals surface area contributed by atoms with E-state index in [2.05, 4.69) is 19.9 Å². The summed E-state index contributed by atoms with van der Waals surface area (Å²) >= 11 is 0. The molecule has 0 amide bonds. The first-order valence-electron chi connectivity index (χ1n) is 10.5. The van der Waals surface area contributed by atoms with Crippen LogP contribution in [0.5, 0.6) is 23.5 Å². The summed E-state index contributed by atoms with van der Waals surface area (Å²) in [7, 11) is 1.48. The van der Waals surface area contributed by atoms with Crippen LogP contribution in [0.25, 0.3) is 0 Å². The van der Waals surface area contributed by atoms with Crippen molar-refractivity contribution in [2.45, 2.75) is 19.9 Å². The van der Waals surface area contributed by atoms with E-state index in [9.17, 15) is 13.6 Å². The average Bonchev–Trinajstić information content (AvgIpc) is 2.86. The first kappa shape index (κ1) is 23.7. The lowest BCUT2D eigenvalue weighted by molar-refractivity contribution is 0.303. The van der Waals surface area contributed by atoms with E-state index >= 15 is 0 Å². The fourth-order valence-corrected chi connectivity index (χ4v) is 3.12. The van der Waals surface area contributed by atoms with Crippen molar-refractivity contribution in [1.82, 2.24) is 24.5 Å². The molecule has 9 nitrogen and oxygen atoms in total. The van der Waals surface area contributed by atoms with Crippen LogP contribution in [0, 0.1) is 18.6 Å². The van der Waals surface area contributed by atoms with Gasteiger partial charge in [-0.2, -0.15) is 4.98 Å². The van der Waals surface area contributed by atoms with E-state index in [4.69, 9.17) is 14.2 Å². The number of nitrogens with zero attached hydrogens (tertiary/aromatic N) is 5. The predicted molar refractivity (Wildman–Crippen MR) is 121 cm³/mol. The van der Waals surface area contributed by atoms with Gasteiger partial charge in [0.05, 0.1) is 20.3 Å². The second-order valence-corrected chi connectivity index (χ2v) is 7.50. The number of halogens is 2. The molecule has 0 N–H and O–H groups in total. The number of aromatic nitrogens is 5.